The number of ether oxygens (including phenoxy) is 1. The molecule has 2 aromatic carbocycles. The highest BCUT2D eigenvalue weighted by molar-refractivity contribution is 6.00. The van der Waals surface area contributed by atoms with Gasteiger partial charge in [0.25, 0.3) is 0 Å². The van der Waals surface area contributed by atoms with Gasteiger partial charge in [0.05, 0.1) is 19.5 Å². The minimum absolute atomic E-state index is 0.0528. The molecule has 1 atom stereocenters. The lowest BCUT2D eigenvalue weighted by Crippen LogP contribution is -2.47. The summed E-state index contributed by atoms with van der Waals surface area (Å²) in [6, 6.07) is 16.6. The number of nitrogens with zero attached hydrogens (tertiary/aromatic N) is 7. The van der Waals surface area contributed by atoms with Crippen molar-refractivity contribution in [2.75, 3.05) is 26.9 Å². The van der Waals surface area contributed by atoms with Gasteiger partial charge in [-0.1, -0.05) is 55.5 Å². The second-order valence-electron chi connectivity index (χ2n) is 8.78. The van der Waals surface area contributed by atoms with Gasteiger partial charge in [-0.25, -0.2) is 4.99 Å². The van der Waals surface area contributed by atoms with Crippen LogP contribution in [0.1, 0.15) is 25.8 Å². The molecule has 0 aliphatic carbocycles. The lowest BCUT2D eigenvalue weighted by atomic mass is 9.98. The SMILES string of the molecule is CCC1N=C2C(=CN(CC(=O)OC)CN2CC)N1Cc1ccc(-c2ccccc2-c2nn[nH]n2)cc1. The number of aromatic amines is 1. The number of aromatic nitrogens is 4. The minimum atomic E-state index is -0.253. The fraction of sp³-hybridized carbons (Fsp3) is 0.346. The molecule has 1 N–H and O–H groups in total. The van der Waals surface area contributed by atoms with Gasteiger partial charge in [0, 0.05) is 24.9 Å². The van der Waals surface area contributed by atoms with Crippen LogP contribution >= 0.6 is 0 Å². The number of fused-ring (bicyclic) bond motifs is 1. The highest BCUT2D eigenvalue weighted by atomic mass is 16.5. The van der Waals surface area contributed by atoms with E-state index in [1.165, 1.54) is 12.7 Å². The van der Waals surface area contributed by atoms with E-state index < -0.39 is 0 Å². The summed E-state index contributed by atoms with van der Waals surface area (Å²) in [5.74, 6) is 1.32. The van der Waals surface area contributed by atoms with Crippen molar-refractivity contribution < 1.29 is 9.53 Å². The highest BCUT2D eigenvalue weighted by Crippen LogP contribution is 2.32. The molecule has 0 radical (unpaired) electrons. The minimum Gasteiger partial charge on any atom is -0.468 e. The largest absolute Gasteiger partial charge is 0.468 e. The van der Waals surface area contributed by atoms with E-state index in [1.807, 2.05) is 29.3 Å². The van der Waals surface area contributed by atoms with E-state index in [0.29, 0.717) is 19.0 Å². The number of amidine groups is 1. The summed E-state index contributed by atoms with van der Waals surface area (Å²) >= 11 is 0. The predicted molar refractivity (Wildman–Crippen MR) is 136 cm³/mol. The van der Waals surface area contributed by atoms with E-state index >= 15 is 0 Å². The average molecular weight is 487 g/mol. The Morgan fingerprint density at radius 1 is 1.11 bits per heavy atom. The number of carbonyl (C=O) groups is 1. The molecule has 10 heteroatoms. The van der Waals surface area contributed by atoms with Crippen molar-refractivity contribution in [1.29, 1.82) is 0 Å². The molecule has 3 aromatic rings. The lowest BCUT2D eigenvalue weighted by molar-refractivity contribution is -0.141. The van der Waals surface area contributed by atoms with Gasteiger partial charge in [-0.3, -0.25) is 4.79 Å². The zero-order chi connectivity index (χ0) is 25.1. The molecular weight excluding hydrogens is 456 g/mol. The number of methoxy groups -OCH3 is 1. The van der Waals surface area contributed by atoms with E-state index in [1.54, 1.807) is 0 Å². The average Bonchev–Trinajstić information content (AvgIpc) is 3.57. The first-order valence-corrected chi connectivity index (χ1v) is 12.2. The Labute approximate surface area is 210 Å². The first-order chi connectivity index (χ1) is 17.6. The quantitative estimate of drug-likeness (QED) is 0.485. The van der Waals surface area contributed by atoms with Gasteiger partial charge in [0.1, 0.15) is 12.7 Å². The third-order valence-electron chi connectivity index (χ3n) is 6.56. The summed E-state index contributed by atoms with van der Waals surface area (Å²) in [7, 11) is 1.42. The van der Waals surface area contributed by atoms with Crippen molar-refractivity contribution in [3.63, 3.8) is 0 Å². The fourth-order valence-corrected chi connectivity index (χ4v) is 4.71. The van der Waals surface area contributed by atoms with Gasteiger partial charge in [-0.05, 0) is 35.2 Å². The van der Waals surface area contributed by atoms with Gasteiger partial charge in [0.2, 0.25) is 5.82 Å². The predicted octanol–water partition coefficient (Wildman–Crippen LogP) is 3.09. The van der Waals surface area contributed by atoms with Crippen LogP contribution in [0.25, 0.3) is 22.5 Å². The van der Waals surface area contributed by atoms with Crippen LogP contribution in [0.2, 0.25) is 0 Å². The van der Waals surface area contributed by atoms with E-state index in [2.05, 4.69) is 74.6 Å². The summed E-state index contributed by atoms with van der Waals surface area (Å²) in [6.07, 6.45) is 3.00. The van der Waals surface area contributed by atoms with Crippen molar-refractivity contribution in [3.05, 3.63) is 66.0 Å². The number of tetrazole rings is 1. The van der Waals surface area contributed by atoms with Crippen LogP contribution in [0.15, 0.2) is 65.4 Å². The molecule has 1 aromatic heterocycles. The molecule has 2 aliphatic rings. The van der Waals surface area contributed by atoms with Crippen molar-refractivity contribution in [2.45, 2.75) is 33.0 Å². The maximum Gasteiger partial charge on any atom is 0.325 e. The monoisotopic (exact) mass is 486 g/mol. The molecule has 2 aliphatic heterocycles. The van der Waals surface area contributed by atoms with E-state index in [4.69, 9.17) is 9.73 Å². The molecule has 5 rings (SSSR count). The number of H-pyrrole nitrogens is 1. The number of rotatable bonds is 8. The Kier molecular flexibility index (Phi) is 6.66. The number of nitrogens with one attached hydrogen (secondary N) is 1. The summed E-state index contributed by atoms with van der Waals surface area (Å²) in [4.78, 5) is 23.5. The normalized spacial score (nSPS) is 17.1. The molecule has 36 heavy (non-hydrogen) atoms. The Morgan fingerprint density at radius 3 is 2.56 bits per heavy atom. The zero-order valence-corrected chi connectivity index (χ0v) is 20.8. The number of hydrogen-bond donors (Lipinski definition) is 1. The van der Waals surface area contributed by atoms with Gasteiger partial charge >= 0.3 is 5.97 Å². The van der Waals surface area contributed by atoms with Gasteiger partial charge < -0.3 is 19.4 Å². The molecule has 3 heterocycles. The number of carbonyl (C=O) groups excluding carboxylic acids is 1. The molecule has 10 nitrogen and oxygen atoms in total. The second-order valence-corrected chi connectivity index (χ2v) is 8.78. The van der Waals surface area contributed by atoms with E-state index in [-0.39, 0.29) is 18.7 Å². The van der Waals surface area contributed by atoms with Crippen LogP contribution < -0.4 is 0 Å². The molecule has 0 saturated heterocycles. The molecule has 1 unspecified atom stereocenters. The van der Waals surface area contributed by atoms with Crippen molar-refractivity contribution in [1.82, 2.24) is 35.3 Å². The Hall–Kier alpha value is -4.21. The Morgan fingerprint density at radius 2 is 1.89 bits per heavy atom. The summed E-state index contributed by atoms with van der Waals surface area (Å²) in [6.45, 7) is 6.62. The molecule has 0 spiro atoms. The van der Waals surface area contributed by atoms with E-state index in [0.717, 1.165) is 41.2 Å². The van der Waals surface area contributed by atoms with Crippen molar-refractivity contribution in [3.8, 4) is 22.5 Å². The fourth-order valence-electron chi connectivity index (χ4n) is 4.71. The lowest BCUT2D eigenvalue weighted by Gasteiger charge is -2.37. The van der Waals surface area contributed by atoms with Crippen LogP contribution in [-0.4, -0.2) is 80.2 Å². The van der Waals surface area contributed by atoms with Gasteiger partial charge in [0.15, 0.2) is 5.84 Å². The summed E-state index contributed by atoms with van der Waals surface area (Å²) in [5.41, 5.74) is 5.30. The van der Waals surface area contributed by atoms with Gasteiger partial charge in [-0.2, -0.15) is 5.21 Å². The highest BCUT2D eigenvalue weighted by Gasteiger charge is 2.36. The summed E-state index contributed by atoms with van der Waals surface area (Å²) < 4.78 is 4.89. The molecule has 0 amide bonds. The van der Waals surface area contributed by atoms with Gasteiger partial charge in [-0.15, -0.1) is 10.2 Å². The maximum absolute atomic E-state index is 11.9. The molecular formula is C26H30N8O2. The van der Waals surface area contributed by atoms with Crippen molar-refractivity contribution in [2.24, 2.45) is 4.99 Å². The Balaban J connectivity index is 1.40. The number of benzene rings is 2. The topological polar surface area (TPSA) is 103 Å². The molecule has 0 bridgehead atoms. The van der Waals surface area contributed by atoms with Crippen LogP contribution in [0.5, 0.6) is 0 Å². The number of aliphatic imine (C=N–C) groups is 1. The second kappa shape index (κ2) is 10.2. The number of esters is 1. The van der Waals surface area contributed by atoms with Crippen LogP contribution in [0.3, 0.4) is 0 Å². The standard InChI is InChI=1S/C26H30N8O2/c1-4-23-27-26-22(15-32(16-24(35)36-3)17-33(26)5-2)34(23)14-18-10-12-19(13-11-18)20-8-6-7-9-21(20)25-28-30-31-29-25/h6-13,15,23H,4-5,14,16-17H2,1-3H3,(H,28,29,30,31). The third-order valence-corrected chi connectivity index (χ3v) is 6.56. The first kappa shape index (κ1) is 23.5. The first-order valence-electron chi connectivity index (χ1n) is 12.2. The molecule has 186 valence electrons. The van der Waals surface area contributed by atoms with Crippen LogP contribution in [0, 0.1) is 0 Å². The van der Waals surface area contributed by atoms with Crippen LogP contribution in [0.4, 0.5) is 0 Å². The van der Waals surface area contributed by atoms with Crippen LogP contribution in [-0.2, 0) is 16.1 Å². The number of likely N-dealkylation sites (N-methyl/N-ethyl adjacent to an activating group) is 1. The molecule has 0 saturated carbocycles. The third kappa shape index (κ3) is 4.53. The molecule has 0 fully saturated rings. The maximum atomic E-state index is 11.9. The number of hydrogen-bond acceptors (Lipinski definition) is 9. The summed E-state index contributed by atoms with van der Waals surface area (Å²) in [5, 5.41) is 14.5. The Bertz CT molecular complexity index is 1270. The zero-order valence-electron chi connectivity index (χ0n) is 20.8. The smallest absolute Gasteiger partial charge is 0.325 e. The van der Waals surface area contributed by atoms with Crippen molar-refractivity contribution >= 4 is 11.8 Å². The van der Waals surface area contributed by atoms with E-state index in [9.17, 15) is 4.79 Å².